The van der Waals surface area contributed by atoms with E-state index in [0.717, 1.165) is 12.0 Å². The summed E-state index contributed by atoms with van der Waals surface area (Å²) >= 11 is 0. The van der Waals surface area contributed by atoms with Gasteiger partial charge in [-0.25, -0.2) is 0 Å². The van der Waals surface area contributed by atoms with Crippen molar-refractivity contribution in [2.45, 2.75) is 39.2 Å². The average molecular weight is 283 g/mol. The lowest BCUT2D eigenvalue weighted by Crippen LogP contribution is -2.42. The monoisotopic (exact) mass is 283 g/mol. The molecule has 0 radical (unpaired) electrons. The highest BCUT2D eigenvalue weighted by atomic mass is 16.2. The Morgan fingerprint density at radius 1 is 1.00 bits per heavy atom. The molecule has 1 aliphatic rings. The topological polar surface area (TPSA) is 46.2 Å². The van der Waals surface area contributed by atoms with E-state index in [1.165, 1.54) is 12.8 Å². The summed E-state index contributed by atoms with van der Waals surface area (Å²) in [5.41, 5.74) is 1.20. The normalized spacial score (nSPS) is 25.9. The van der Waals surface area contributed by atoms with Crippen molar-refractivity contribution >= 4 is 5.69 Å². The van der Waals surface area contributed by atoms with E-state index in [9.17, 15) is 9.59 Å². The number of hydrogen-bond donors (Lipinski definition) is 1. The Bertz CT molecular complexity index is 698. The van der Waals surface area contributed by atoms with Crippen LogP contribution in [0.4, 0.5) is 5.69 Å². The Hall–Kier alpha value is -1.90. The molecule has 2 aromatic carbocycles. The van der Waals surface area contributed by atoms with Gasteiger partial charge in [0, 0.05) is 6.04 Å². The molecule has 0 unspecified atom stereocenters. The zero-order valence-corrected chi connectivity index (χ0v) is 12.6. The van der Waals surface area contributed by atoms with E-state index in [1.54, 1.807) is 0 Å². The highest BCUT2D eigenvalue weighted by molar-refractivity contribution is 5.82. The van der Waals surface area contributed by atoms with Crippen LogP contribution in [0.2, 0.25) is 0 Å². The van der Waals surface area contributed by atoms with Gasteiger partial charge in [-0.15, -0.1) is 0 Å². The minimum Gasteiger partial charge on any atom is -0.378 e. The van der Waals surface area contributed by atoms with E-state index < -0.39 is 0 Å². The van der Waals surface area contributed by atoms with Gasteiger partial charge in [0.1, 0.15) is 0 Å². The third-order valence-electron chi connectivity index (χ3n) is 5.01. The van der Waals surface area contributed by atoms with E-state index in [4.69, 9.17) is 0 Å². The van der Waals surface area contributed by atoms with Crippen LogP contribution in [0.5, 0.6) is 0 Å². The first kappa shape index (κ1) is 14.1. The Balaban J connectivity index is 1.89. The minimum absolute atomic E-state index is 0.291. The third kappa shape index (κ3) is 2.41. The maximum absolute atomic E-state index is 11.9. The maximum Gasteiger partial charge on any atom is 0.250 e. The predicted molar refractivity (Wildman–Crippen MR) is 86.4 cm³/mol. The zero-order chi connectivity index (χ0) is 15.0. The van der Waals surface area contributed by atoms with Gasteiger partial charge in [0.25, 0.3) is 0 Å². The van der Waals surface area contributed by atoms with Crippen LogP contribution in [0.1, 0.15) is 33.1 Å². The van der Waals surface area contributed by atoms with Crippen molar-refractivity contribution < 1.29 is 0 Å². The van der Waals surface area contributed by atoms with Crippen LogP contribution in [0.25, 0.3) is 11.1 Å². The smallest absolute Gasteiger partial charge is 0.250 e. The fourth-order valence-electron chi connectivity index (χ4n) is 3.38. The number of anilines is 1. The van der Waals surface area contributed by atoms with Crippen LogP contribution in [-0.2, 0) is 0 Å². The van der Waals surface area contributed by atoms with E-state index >= 15 is 0 Å². The second-order valence-electron chi connectivity index (χ2n) is 6.29. The number of hydrogen-bond acceptors (Lipinski definition) is 3. The molecule has 1 fully saturated rings. The van der Waals surface area contributed by atoms with E-state index in [1.807, 2.05) is 30.3 Å². The second kappa shape index (κ2) is 5.47. The van der Waals surface area contributed by atoms with Crippen molar-refractivity contribution in [3.63, 3.8) is 0 Å². The van der Waals surface area contributed by atoms with Gasteiger partial charge in [-0.3, -0.25) is 9.59 Å². The summed E-state index contributed by atoms with van der Waals surface area (Å²) in [6.07, 6.45) is 3.49. The van der Waals surface area contributed by atoms with Gasteiger partial charge in [0.2, 0.25) is 10.9 Å². The lowest BCUT2D eigenvalue weighted by molar-refractivity contribution is 0.253. The molecule has 0 saturated heterocycles. The van der Waals surface area contributed by atoms with Crippen LogP contribution < -0.4 is 16.2 Å². The Kier molecular flexibility index (Phi) is 3.66. The molecule has 0 amide bonds. The fraction of sp³-hybridized carbons (Fsp3) is 0.444. The Morgan fingerprint density at radius 3 is 2.43 bits per heavy atom. The number of rotatable bonds is 3. The molecule has 3 heteroatoms. The molecule has 1 N–H and O–H groups in total. The van der Waals surface area contributed by atoms with E-state index in [0.29, 0.717) is 29.1 Å². The van der Waals surface area contributed by atoms with Gasteiger partial charge >= 0.3 is 0 Å². The molecule has 0 spiro atoms. The van der Waals surface area contributed by atoms with Crippen LogP contribution in [-0.4, -0.2) is 6.04 Å². The molecule has 21 heavy (non-hydrogen) atoms. The zero-order valence-electron chi connectivity index (χ0n) is 12.6. The summed E-state index contributed by atoms with van der Waals surface area (Å²) in [5.74, 6) is 1.18. The van der Waals surface area contributed by atoms with Gasteiger partial charge in [-0.2, -0.15) is 0 Å². The summed E-state index contributed by atoms with van der Waals surface area (Å²) in [7, 11) is 0. The summed E-state index contributed by atoms with van der Waals surface area (Å²) in [4.78, 5) is 23.8. The SMILES string of the molecule is C[C@@H]1[C@H](C)CCC[C@@H]1Nc1c(-c2ccccc2)c(=O)c1=O. The van der Waals surface area contributed by atoms with Crippen molar-refractivity contribution in [1.29, 1.82) is 0 Å². The molecule has 3 atom stereocenters. The summed E-state index contributed by atoms with van der Waals surface area (Å²) < 4.78 is 0. The average Bonchev–Trinajstić information content (AvgIpc) is 2.51. The first-order valence-electron chi connectivity index (χ1n) is 7.75. The van der Waals surface area contributed by atoms with Crippen LogP contribution >= 0.6 is 0 Å². The third-order valence-corrected chi connectivity index (χ3v) is 5.01. The minimum atomic E-state index is -0.362. The molecule has 0 aromatic heterocycles. The molecule has 1 saturated carbocycles. The van der Waals surface area contributed by atoms with Gasteiger partial charge in [0.15, 0.2) is 0 Å². The molecular weight excluding hydrogens is 262 g/mol. The molecule has 0 heterocycles. The number of nitrogens with one attached hydrogen (secondary N) is 1. The standard InChI is InChI=1S/C18H21NO2/c1-11-7-6-10-14(12(11)2)19-16-15(17(20)18(16)21)13-8-4-3-5-9-13/h3-5,8-9,11-12,14,19H,6-7,10H2,1-2H3/t11-,12-,14+/m1/s1. The lowest BCUT2D eigenvalue weighted by Gasteiger charge is -2.35. The van der Waals surface area contributed by atoms with Crippen molar-refractivity contribution in [2.75, 3.05) is 5.32 Å². The fourth-order valence-corrected chi connectivity index (χ4v) is 3.38. The van der Waals surface area contributed by atoms with Crippen LogP contribution in [0, 0.1) is 11.8 Å². The molecule has 3 rings (SSSR count). The predicted octanol–water partition coefficient (Wildman–Crippen LogP) is 3.19. The lowest BCUT2D eigenvalue weighted by atomic mass is 9.77. The quantitative estimate of drug-likeness (QED) is 0.880. The first-order chi connectivity index (χ1) is 10.1. The van der Waals surface area contributed by atoms with E-state index in [-0.39, 0.29) is 10.9 Å². The van der Waals surface area contributed by atoms with Gasteiger partial charge in [-0.05, 0) is 23.8 Å². The summed E-state index contributed by atoms with van der Waals surface area (Å²) in [6, 6.07) is 9.75. The van der Waals surface area contributed by atoms with Crippen LogP contribution in [0.3, 0.4) is 0 Å². The van der Waals surface area contributed by atoms with Gasteiger partial charge in [0.05, 0.1) is 11.3 Å². The molecule has 0 aliphatic heterocycles. The highest BCUT2D eigenvalue weighted by Crippen LogP contribution is 2.33. The largest absolute Gasteiger partial charge is 0.378 e. The Morgan fingerprint density at radius 2 is 1.71 bits per heavy atom. The van der Waals surface area contributed by atoms with Crippen molar-refractivity contribution in [3.05, 3.63) is 50.8 Å². The van der Waals surface area contributed by atoms with Crippen molar-refractivity contribution in [2.24, 2.45) is 11.8 Å². The molecule has 1 aliphatic carbocycles. The molecule has 2 aromatic rings. The molecule has 110 valence electrons. The van der Waals surface area contributed by atoms with Crippen molar-refractivity contribution in [1.82, 2.24) is 0 Å². The molecule has 0 bridgehead atoms. The number of benzene rings is 1. The van der Waals surface area contributed by atoms with Gasteiger partial charge < -0.3 is 5.32 Å². The summed E-state index contributed by atoms with van der Waals surface area (Å²) in [5, 5.41) is 3.37. The summed E-state index contributed by atoms with van der Waals surface area (Å²) in [6.45, 7) is 4.49. The highest BCUT2D eigenvalue weighted by Gasteiger charge is 2.30. The maximum atomic E-state index is 11.9. The first-order valence-corrected chi connectivity index (χ1v) is 7.75. The Labute approximate surface area is 124 Å². The molecule has 3 nitrogen and oxygen atoms in total. The van der Waals surface area contributed by atoms with E-state index in [2.05, 4.69) is 19.2 Å². The van der Waals surface area contributed by atoms with Crippen LogP contribution in [0.15, 0.2) is 39.9 Å². The molecular formula is C18H21NO2. The van der Waals surface area contributed by atoms with Crippen molar-refractivity contribution in [3.8, 4) is 11.1 Å². The second-order valence-corrected chi connectivity index (χ2v) is 6.29. The van der Waals surface area contributed by atoms with Gasteiger partial charge in [-0.1, -0.05) is 57.0 Å².